The SMILES string of the molecule is COC(=O)NCC(=O)Nc1ccc(N2CC(C)OC(C)C2)nc1. The molecule has 0 bridgehead atoms. The van der Waals surface area contributed by atoms with Gasteiger partial charge in [0.25, 0.3) is 0 Å². The third-order valence-electron chi connectivity index (χ3n) is 3.35. The van der Waals surface area contributed by atoms with Crippen molar-refractivity contribution in [2.45, 2.75) is 26.1 Å². The predicted molar refractivity (Wildman–Crippen MR) is 85.5 cm³/mol. The van der Waals surface area contributed by atoms with Crippen molar-refractivity contribution in [1.29, 1.82) is 0 Å². The summed E-state index contributed by atoms with van der Waals surface area (Å²) >= 11 is 0. The molecule has 2 unspecified atom stereocenters. The highest BCUT2D eigenvalue weighted by Gasteiger charge is 2.23. The molecule has 2 atom stereocenters. The molecule has 126 valence electrons. The quantitative estimate of drug-likeness (QED) is 0.859. The van der Waals surface area contributed by atoms with Gasteiger partial charge >= 0.3 is 6.09 Å². The summed E-state index contributed by atoms with van der Waals surface area (Å²) in [4.78, 5) is 29.1. The number of anilines is 2. The van der Waals surface area contributed by atoms with E-state index in [1.165, 1.54) is 7.11 Å². The molecule has 1 fully saturated rings. The fourth-order valence-corrected chi connectivity index (χ4v) is 2.44. The first-order valence-corrected chi connectivity index (χ1v) is 7.46. The van der Waals surface area contributed by atoms with Crippen LogP contribution in [0, 0.1) is 0 Å². The second kappa shape index (κ2) is 7.77. The molecule has 2 rings (SSSR count). The van der Waals surface area contributed by atoms with Crippen molar-refractivity contribution in [3.8, 4) is 0 Å². The predicted octanol–water partition coefficient (Wildman–Crippen LogP) is 0.990. The highest BCUT2D eigenvalue weighted by atomic mass is 16.5. The Hall–Kier alpha value is -2.35. The number of aromatic nitrogens is 1. The van der Waals surface area contributed by atoms with Crippen LogP contribution in [0.2, 0.25) is 0 Å². The van der Waals surface area contributed by atoms with Gasteiger partial charge in [-0.25, -0.2) is 9.78 Å². The maximum absolute atomic E-state index is 11.7. The number of nitrogens with zero attached hydrogens (tertiary/aromatic N) is 2. The molecule has 1 aromatic rings. The molecular weight excluding hydrogens is 300 g/mol. The lowest BCUT2D eigenvalue weighted by Crippen LogP contribution is -2.45. The highest BCUT2D eigenvalue weighted by molar-refractivity contribution is 5.93. The summed E-state index contributed by atoms with van der Waals surface area (Å²) in [6, 6.07) is 3.64. The fraction of sp³-hybridized carbons (Fsp3) is 0.533. The topological polar surface area (TPSA) is 92.8 Å². The van der Waals surface area contributed by atoms with E-state index < -0.39 is 6.09 Å². The first-order valence-electron chi connectivity index (χ1n) is 7.46. The van der Waals surface area contributed by atoms with E-state index in [9.17, 15) is 9.59 Å². The molecular formula is C15H22N4O4. The number of methoxy groups -OCH3 is 1. The minimum absolute atomic E-state index is 0.157. The number of rotatable bonds is 4. The smallest absolute Gasteiger partial charge is 0.407 e. The number of amides is 2. The molecule has 0 radical (unpaired) electrons. The lowest BCUT2D eigenvalue weighted by molar-refractivity contribution is -0.115. The van der Waals surface area contributed by atoms with Gasteiger partial charge in [0.05, 0.1) is 31.2 Å². The van der Waals surface area contributed by atoms with Gasteiger partial charge in [0, 0.05) is 13.1 Å². The Kier molecular flexibility index (Phi) is 5.75. The number of hydrogen-bond acceptors (Lipinski definition) is 6. The Morgan fingerprint density at radius 3 is 2.61 bits per heavy atom. The van der Waals surface area contributed by atoms with Gasteiger partial charge in [0.15, 0.2) is 0 Å². The Morgan fingerprint density at radius 2 is 2.04 bits per heavy atom. The van der Waals surface area contributed by atoms with Crippen LogP contribution in [-0.4, -0.2) is 55.9 Å². The average molecular weight is 322 g/mol. The summed E-state index contributed by atoms with van der Waals surface area (Å²) in [7, 11) is 1.24. The molecule has 0 saturated carbocycles. The van der Waals surface area contributed by atoms with Crippen LogP contribution in [0.3, 0.4) is 0 Å². The normalized spacial score (nSPS) is 20.7. The maximum Gasteiger partial charge on any atom is 0.407 e. The zero-order chi connectivity index (χ0) is 16.8. The van der Waals surface area contributed by atoms with Crippen LogP contribution >= 0.6 is 0 Å². The molecule has 2 N–H and O–H groups in total. The Bertz CT molecular complexity index is 539. The van der Waals surface area contributed by atoms with Crippen LogP contribution in [0.15, 0.2) is 18.3 Å². The van der Waals surface area contributed by atoms with Gasteiger partial charge in [-0.15, -0.1) is 0 Å². The van der Waals surface area contributed by atoms with Crippen molar-refractivity contribution in [2.24, 2.45) is 0 Å². The van der Waals surface area contributed by atoms with Crippen molar-refractivity contribution >= 4 is 23.5 Å². The number of hydrogen-bond donors (Lipinski definition) is 2. The van der Waals surface area contributed by atoms with E-state index in [4.69, 9.17) is 4.74 Å². The Morgan fingerprint density at radius 1 is 1.35 bits per heavy atom. The molecule has 1 aromatic heterocycles. The van der Waals surface area contributed by atoms with Crippen LogP contribution in [-0.2, 0) is 14.3 Å². The van der Waals surface area contributed by atoms with Crippen molar-refractivity contribution in [3.05, 3.63) is 18.3 Å². The summed E-state index contributed by atoms with van der Waals surface area (Å²) in [6.45, 7) is 5.47. The standard InChI is InChI=1S/C15H22N4O4/c1-10-8-19(9-11(2)23-10)13-5-4-12(6-16-13)18-14(20)7-17-15(21)22-3/h4-6,10-11H,7-9H2,1-3H3,(H,17,21)(H,18,20). The summed E-state index contributed by atoms with van der Waals surface area (Å²) in [6.07, 6.45) is 1.26. The van der Waals surface area contributed by atoms with Crippen molar-refractivity contribution < 1.29 is 19.1 Å². The molecule has 0 aliphatic carbocycles. The fourth-order valence-electron chi connectivity index (χ4n) is 2.44. The number of nitrogens with one attached hydrogen (secondary N) is 2. The van der Waals surface area contributed by atoms with Gasteiger partial charge in [-0.2, -0.15) is 0 Å². The first-order chi connectivity index (χ1) is 11.0. The van der Waals surface area contributed by atoms with Gasteiger partial charge in [0.1, 0.15) is 12.4 Å². The van der Waals surface area contributed by atoms with Gasteiger partial charge < -0.3 is 25.0 Å². The number of alkyl carbamates (subject to hydrolysis) is 1. The second-order valence-corrected chi connectivity index (χ2v) is 5.46. The lowest BCUT2D eigenvalue weighted by atomic mass is 10.2. The van der Waals surface area contributed by atoms with Crippen molar-refractivity contribution in [1.82, 2.24) is 10.3 Å². The molecule has 0 spiro atoms. The highest BCUT2D eigenvalue weighted by Crippen LogP contribution is 2.19. The molecule has 1 saturated heterocycles. The molecule has 1 aliphatic heterocycles. The lowest BCUT2D eigenvalue weighted by Gasteiger charge is -2.36. The molecule has 2 heterocycles. The number of ether oxygens (including phenoxy) is 2. The number of morpholine rings is 1. The van der Waals surface area contributed by atoms with E-state index in [2.05, 4.69) is 25.3 Å². The van der Waals surface area contributed by atoms with Gasteiger partial charge in [-0.1, -0.05) is 0 Å². The van der Waals surface area contributed by atoms with Crippen LogP contribution < -0.4 is 15.5 Å². The molecule has 1 aliphatic rings. The van der Waals surface area contributed by atoms with Gasteiger partial charge in [0.2, 0.25) is 5.91 Å². The van der Waals surface area contributed by atoms with Crippen molar-refractivity contribution in [3.63, 3.8) is 0 Å². The minimum atomic E-state index is -0.649. The molecule has 8 heteroatoms. The summed E-state index contributed by atoms with van der Waals surface area (Å²) in [5.74, 6) is 0.497. The van der Waals surface area contributed by atoms with Gasteiger partial charge in [-0.3, -0.25) is 4.79 Å². The first kappa shape index (κ1) is 17.0. The summed E-state index contributed by atoms with van der Waals surface area (Å²) in [5.41, 5.74) is 0.569. The second-order valence-electron chi connectivity index (χ2n) is 5.46. The van der Waals surface area contributed by atoms with Gasteiger partial charge in [-0.05, 0) is 26.0 Å². The molecule has 0 aromatic carbocycles. The van der Waals surface area contributed by atoms with E-state index in [-0.39, 0.29) is 24.7 Å². The third-order valence-corrected chi connectivity index (χ3v) is 3.35. The van der Waals surface area contributed by atoms with E-state index in [1.807, 2.05) is 19.9 Å². The monoisotopic (exact) mass is 322 g/mol. The zero-order valence-electron chi connectivity index (χ0n) is 13.5. The van der Waals surface area contributed by atoms with E-state index >= 15 is 0 Å². The minimum Gasteiger partial charge on any atom is -0.453 e. The molecule has 23 heavy (non-hydrogen) atoms. The van der Waals surface area contributed by atoms with Crippen LogP contribution in [0.5, 0.6) is 0 Å². The molecule has 2 amide bonds. The van der Waals surface area contributed by atoms with E-state index in [1.54, 1.807) is 12.3 Å². The Balaban J connectivity index is 1.89. The zero-order valence-corrected chi connectivity index (χ0v) is 13.5. The number of carbonyl (C=O) groups excluding carboxylic acids is 2. The Labute approximate surface area is 135 Å². The van der Waals surface area contributed by atoms with E-state index in [0.29, 0.717) is 5.69 Å². The van der Waals surface area contributed by atoms with Crippen LogP contribution in [0.1, 0.15) is 13.8 Å². The largest absolute Gasteiger partial charge is 0.453 e. The summed E-state index contributed by atoms with van der Waals surface area (Å²) in [5, 5.41) is 4.96. The number of carbonyl (C=O) groups is 2. The maximum atomic E-state index is 11.7. The average Bonchev–Trinajstić information content (AvgIpc) is 2.52. The van der Waals surface area contributed by atoms with Crippen LogP contribution in [0.4, 0.5) is 16.3 Å². The summed E-state index contributed by atoms with van der Waals surface area (Å²) < 4.78 is 10.1. The number of pyridine rings is 1. The molecule has 8 nitrogen and oxygen atoms in total. The van der Waals surface area contributed by atoms with Crippen LogP contribution in [0.25, 0.3) is 0 Å². The van der Waals surface area contributed by atoms with E-state index in [0.717, 1.165) is 18.9 Å². The third kappa shape index (κ3) is 5.10. The van der Waals surface area contributed by atoms with Crippen molar-refractivity contribution in [2.75, 3.05) is 37.0 Å².